The molecule has 15 heavy (non-hydrogen) atoms. The number of esters is 1. The van der Waals surface area contributed by atoms with Crippen molar-refractivity contribution in [2.75, 3.05) is 19.0 Å². The Bertz CT molecular complexity index is 392. The van der Waals surface area contributed by atoms with Crippen molar-refractivity contribution < 1.29 is 14.6 Å². The van der Waals surface area contributed by atoms with Crippen LogP contribution in [0.25, 0.3) is 0 Å². The largest absolute Gasteiger partial charge is 0.465 e. The van der Waals surface area contributed by atoms with E-state index in [0.29, 0.717) is 12.0 Å². The van der Waals surface area contributed by atoms with Gasteiger partial charge in [0.1, 0.15) is 5.82 Å². The maximum absolute atomic E-state index is 11.2. The number of aromatic nitrogens is 1. The van der Waals surface area contributed by atoms with Gasteiger partial charge in [-0.05, 0) is 18.1 Å². The molecule has 1 aliphatic rings. The third kappa shape index (κ3) is 1.78. The third-order valence-electron chi connectivity index (χ3n) is 2.42. The number of aliphatic hydroxyl groups is 1. The molecule has 5 nitrogen and oxygen atoms in total. The Kier molecular flexibility index (Phi) is 2.55. The lowest BCUT2D eigenvalue weighted by Crippen LogP contribution is -2.19. The zero-order valence-corrected chi connectivity index (χ0v) is 8.36. The topological polar surface area (TPSA) is 71.5 Å². The molecule has 2 heterocycles. The molecule has 0 amide bonds. The van der Waals surface area contributed by atoms with Crippen LogP contribution in [0.2, 0.25) is 0 Å². The summed E-state index contributed by atoms with van der Waals surface area (Å²) in [6.45, 7) is 0.0594. The summed E-state index contributed by atoms with van der Waals surface area (Å²) < 4.78 is 4.60. The fraction of sp³-hybridized carbons (Fsp3) is 0.400. The van der Waals surface area contributed by atoms with Crippen molar-refractivity contribution in [2.45, 2.75) is 12.5 Å². The molecule has 0 aliphatic carbocycles. The summed E-state index contributed by atoms with van der Waals surface area (Å²) in [6.07, 6.45) is 2.15. The van der Waals surface area contributed by atoms with Crippen LogP contribution in [0.5, 0.6) is 0 Å². The molecule has 0 radical (unpaired) electrons. The van der Waals surface area contributed by atoms with Crippen LogP contribution in [0.15, 0.2) is 12.3 Å². The summed E-state index contributed by atoms with van der Waals surface area (Å²) in [4.78, 5) is 15.3. The zero-order chi connectivity index (χ0) is 10.8. The van der Waals surface area contributed by atoms with Crippen molar-refractivity contribution in [3.05, 3.63) is 23.4 Å². The summed E-state index contributed by atoms with van der Waals surface area (Å²) in [6, 6.07) is 1.75. The Hall–Kier alpha value is -1.62. The van der Waals surface area contributed by atoms with E-state index < -0.39 is 5.97 Å². The molecule has 1 aromatic rings. The number of carbonyl (C=O) groups is 1. The van der Waals surface area contributed by atoms with Crippen molar-refractivity contribution in [1.82, 2.24) is 4.98 Å². The quantitative estimate of drug-likeness (QED) is 0.679. The highest BCUT2D eigenvalue weighted by molar-refractivity contribution is 5.89. The highest BCUT2D eigenvalue weighted by atomic mass is 16.5. The molecule has 1 aliphatic heterocycles. The first-order valence-electron chi connectivity index (χ1n) is 4.69. The number of fused-ring (bicyclic) bond motifs is 1. The molecule has 2 rings (SSSR count). The molecule has 0 fully saturated rings. The Labute approximate surface area is 87.1 Å². The number of methoxy groups -OCH3 is 1. The number of carbonyl (C=O) groups excluding carboxylic acids is 1. The first kappa shape index (κ1) is 9.92. The Morgan fingerprint density at radius 3 is 3.27 bits per heavy atom. The van der Waals surface area contributed by atoms with Crippen molar-refractivity contribution in [1.29, 1.82) is 0 Å². The van der Waals surface area contributed by atoms with E-state index in [-0.39, 0.29) is 12.6 Å². The molecule has 0 saturated carbocycles. The number of hydrogen-bond acceptors (Lipinski definition) is 5. The minimum Gasteiger partial charge on any atom is -0.465 e. The van der Waals surface area contributed by atoms with Crippen molar-refractivity contribution in [3.8, 4) is 0 Å². The van der Waals surface area contributed by atoms with Gasteiger partial charge in [0, 0.05) is 6.20 Å². The van der Waals surface area contributed by atoms with Crippen LogP contribution in [0.1, 0.15) is 15.9 Å². The lowest BCUT2D eigenvalue weighted by atomic mass is 10.1. The summed E-state index contributed by atoms with van der Waals surface area (Å²) in [5, 5.41) is 12.0. The van der Waals surface area contributed by atoms with Crippen LogP contribution in [0.3, 0.4) is 0 Å². The average molecular weight is 208 g/mol. The predicted octanol–water partition coefficient (Wildman–Crippen LogP) is 0.197. The second kappa shape index (κ2) is 3.86. The molecule has 0 bridgehead atoms. The molecule has 1 atom stereocenters. The predicted molar refractivity (Wildman–Crippen MR) is 53.8 cm³/mol. The molecule has 0 saturated heterocycles. The number of pyridine rings is 1. The fourth-order valence-corrected chi connectivity index (χ4v) is 1.65. The van der Waals surface area contributed by atoms with Crippen LogP contribution in [0, 0.1) is 0 Å². The fourth-order valence-electron chi connectivity index (χ4n) is 1.65. The van der Waals surface area contributed by atoms with E-state index in [4.69, 9.17) is 5.11 Å². The summed E-state index contributed by atoms with van der Waals surface area (Å²) >= 11 is 0. The molecular formula is C10H12N2O3. The number of ether oxygens (including phenoxy) is 1. The van der Waals surface area contributed by atoms with E-state index in [0.717, 1.165) is 11.4 Å². The molecule has 1 unspecified atom stereocenters. The van der Waals surface area contributed by atoms with E-state index in [2.05, 4.69) is 15.0 Å². The molecule has 80 valence electrons. The molecule has 2 N–H and O–H groups in total. The SMILES string of the molecule is COC(=O)c1cnc2c(c1)CC(CO)N2. The van der Waals surface area contributed by atoms with Gasteiger partial charge in [0.05, 0.1) is 25.3 Å². The molecular weight excluding hydrogens is 196 g/mol. The maximum Gasteiger partial charge on any atom is 0.339 e. The normalized spacial score (nSPS) is 18.1. The van der Waals surface area contributed by atoms with Gasteiger partial charge in [-0.25, -0.2) is 9.78 Å². The monoisotopic (exact) mass is 208 g/mol. The van der Waals surface area contributed by atoms with Gasteiger partial charge in [0.25, 0.3) is 0 Å². The lowest BCUT2D eigenvalue weighted by molar-refractivity contribution is 0.0600. The van der Waals surface area contributed by atoms with Crippen LogP contribution in [-0.2, 0) is 11.2 Å². The average Bonchev–Trinajstić information content (AvgIpc) is 2.69. The van der Waals surface area contributed by atoms with Gasteiger partial charge in [-0.2, -0.15) is 0 Å². The van der Waals surface area contributed by atoms with E-state index in [1.807, 2.05) is 0 Å². The number of hydrogen-bond donors (Lipinski definition) is 2. The number of rotatable bonds is 2. The van der Waals surface area contributed by atoms with Gasteiger partial charge in [-0.15, -0.1) is 0 Å². The van der Waals surface area contributed by atoms with Crippen LogP contribution in [-0.4, -0.2) is 35.8 Å². The Morgan fingerprint density at radius 2 is 2.60 bits per heavy atom. The standard InChI is InChI=1S/C10H12N2O3/c1-15-10(14)7-2-6-3-8(5-13)12-9(6)11-4-7/h2,4,8,13H,3,5H2,1H3,(H,11,12). The first-order chi connectivity index (χ1) is 7.24. The van der Waals surface area contributed by atoms with E-state index in [1.54, 1.807) is 6.07 Å². The first-order valence-corrected chi connectivity index (χ1v) is 4.69. The minimum absolute atomic E-state index is 0.000368. The molecule has 0 spiro atoms. The molecule has 5 heteroatoms. The van der Waals surface area contributed by atoms with Crippen molar-refractivity contribution in [2.24, 2.45) is 0 Å². The van der Waals surface area contributed by atoms with Gasteiger partial charge in [-0.3, -0.25) is 0 Å². The lowest BCUT2D eigenvalue weighted by Gasteiger charge is -2.04. The van der Waals surface area contributed by atoms with E-state index in [1.165, 1.54) is 13.3 Å². The number of nitrogens with one attached hydrogen (secondary N) is 1. The van der Waals surface area contributed by atoms with Crippen LogP contribution >= 0.6 is 0 Å². The number of aliphatic hydroxyl groups excluding tert-OH is 1. The summed E-state index contributed by atoms with van der Waals surface area (Å²) in [5.41, 5.74) is 1.38. The van der Waals surface area contributed by atoms with Crippen LogP contribution in [0.4, 0.5) is 5.82 Å². The van der Waals surface area contributed by atoms with Crippen molar-refractivity contribution in [3.63, 3.8) is 0 Å². The van der Waals surface area contributed by atoms with Gasteiger partial charge in [0.2, 0.25) is 0 Å². The number of nitrogens with zero attached hydrogens (tertiary/aromatic N) is 1. The number of anilines is 1. The Balaban J connectivity index is 2.26. The highest BCUT2D eigenvalue weighted by Gasteiger charge is 2.22. The molecule has 1 aromatic heterocycles. The Morgan fingerprint density at radius 1 is 1.80 bits per heavy atom. The maximum atomic E-state index is 11.2. The minimum atomic E-state index is -0.391. The van der Waals surface area contributed by atoms with E-state index in [9.17, 15) is 4.79 Å². The summed E-state index contributed by atoms with van der Waals surface area (Å²) in [5.74, 6) is 0.347. The third-order valence-corrected chi connectivity index (χ3v) is 2.42. The zero-order valence-electron chi connectivity index (χ0n) is 8.36. The molecule has 0 aromatic carbocycles. The van der Waals surface area contributed by atoms with Gasteiger partial charge in [0.15, 0.2) is 0 Å². The summed E-state index contributed by atoms with van der Waals surface area (Å²) in [7, 11) is 1.34. The van der Waals surface area contributed by atoms with Gasteiger partial charge >= 0.3 is 5.97 Å². The van der Waals surface area contributed by atoms with Gasteiger partial charge in [-0.1, -0.05) is 0 Å². The van der Waals surface area contributed by atoms with Gasteiger partial charge < -0.3 is 15.2 Å². The van der Waals surface area contributed by atoms with E-state index >= 15 is 0 Å². The van der Waals surface area contributed by atoms with Crippen molar-refractivity contribution >= 4 is 11.8 Å². The second-order valence-electron chi connectivity index (χ2n) is 3.45. The highest BCUT2D eigenvalue weighted by Crippen LogP contribution is 2.24. The van der Waals surface area contributed by atoms with Crippen LogP contribution < -0.4 is 5.32 Å². The smallest absolute Gasteiger partial charge is 0.339 e. The second-order valence-corrected chi connectivity index (χ2v) is 3.45.